The summed E-state index contributed by atoms with van der Waals surface area (Å²) in [5.74, 6) is -0.510. The lowest BCUT2D eigenvalue weighted by Crippen LogP contribution is -2.54. The van der Waals surface area contributed by atoms with Crippen LogP contribution in [0.5, 0.6) is 5.75 Å². The lowest BCUT2D eigenvalue weighted by Gasteiger charge is -2.38. The molecule has 6 heteroatoms. The average Bonchev–Trinajstić information content (AvgIpc) is 2.50. The fourth-order valence-corrected chi connectivity index (χ4v) is 2.42. The van der Waals surface area contributed by atoms with Gasteiger partial charge in [-0.2, -0.15) is 0 Å². The van der Waals surface area contributed by atoms with Gasteiger partial charge in [-0.25, -0.2) is 0 Å². The van der Waals surface area contributed by atoms with Crippen LogP contribution in [0.4, 0.5) is 5.69 Å². The van der Waals surface area contributed by atoms with E-state index < -0.39 is 11.6 Å². The van der Waals surface area contributed by atoms with Crippen molar-refractivity contribution in [2.24, 2.45) is 0 Å². The molecule has 0 radical (unpaired) electrons. The Labute approximate surface area is 141 Å². The Kier molecular flexibility index (Phi) is 4.96. The van der Waals surface area contributed by atoms with Crippen molar-refractivity contribution in [1.29, 1.82) is 0 Å². The summed E-state index contributed by atoms with van der Waals surface area (Å²) >= 11 is 0. The van der Waals surface area contributed by atoms with Gasteiger partial charge < -0.3 is 9.47 Å². The van der Waals surface area contributed by atoms with Crippen molar-refractivity contribution >= 4 is 23.3 Å². The van der Waals surface area contributed by atoms with Crippen LogP contribution in [-0.2, 0) is 14.3 Å². The van der Waals surface area contributed by atoms with Gasteiger partial charge in [-0.15, -0.1) is 0 Å². The molecule has 24 heavy (non-hydrogen) atoms. The predicted octanol–water partition coefficient (Wildman–Crippen LogP) is 2.73. The maximum Gasteiger partial charge on any atom is 0.326 e. The number of anilines is 1. The Hall–Kier alpha value is -2.37. The van der Waals surface area contributed by atoms with Crippen molar-refractivity contribution in [3.05, 3.63) is 23.8 Å². The molecule has 0 spiro atoms. The van der Waals surface area contributed by atoms with E-state index in [1.165, 1.54) is 11.8 Å². The largest absolute Gasteiger partial charge is 0.476 e. The molecular formula is C18H23NO5. The molecule has 0 bridgehead atoms. The van der Waals surface area contributed by atoms with Gasteiger partial charge in [0.25, 0.3) is 5.91 Å². The highest BCUT2D eigenvalue weighted by molar-refractivity contribution is 6.06. The number of esters is 1. The number of rotatable bonds is 5. The standard InChI is InChI=1S/C18H23NO5/c1-6-11(2)23-16(21)10-19-14-9-13(12(3)20)7-8-15(14)24-18(4,5)17(19)22/h7-9,11H,6,10H2,1-5H3. The second-order valence-electron chi connectivity index (χ2n) is 6.45. The number of fused-ring (bicyclic) bond motifs is 1. The molecule has 1 aromatic rings. The molecule has 0 N–H and O–H groups in total. The fraction of sp³-hybridized carbons (Fsp3) is 0.500. The third-order valence-electron chi connectivity index (χ3n) is 3.98. The molecule has 1 amide bonds. The molecular weight excluding hydrogens is 310 g/mol. The van der Waals surface area contributed by atoms with E-state index in [1.807, 2.05) is 6.92 Å². The first-order valence-corrected chi connectivity index (χ1v) is 8.01. The molecule has 1 heterocycles. The van der Waals surface area contributed by atoms with Crippen LogP contribution < -0.4 is 9.64 Å². The second kappa shape index (κ2) is 6.63. The predicted molar refractivity (Wildman–Crippen MR) is 89.4 cm³/mol. The first-order chi connectivity index (χ1) is 11.2. The summed E-state index contributed by atoms with van der Waals surface area (Å²) in [5.41, 5.74) is -0.236. The zero-order valence-corrected chi connectivity index (χ0v) is 14.7. The molecule has 2 rings (SSSR count). The number of benzene rings is 1. The fourth-order valence-electron chi connectivity index (χ4n) is 2.42. The Balaban J connectivity index is 2.38. The molecule has 6 nitrogen and oxygen atoms in total. The van der Waals surface area contributed by atoms with E-state index in [2.05, 4.69) is 0 Å². The average molecular weight is 333 g/mol. The Bertz CT molecular complexity index is 680. The van der Waals surface area contributed by atoms with Gasteiger partial charge in [0.2, 0.25) is 0 Å². The third kappa shape index (κ3) is 3.58. The Morgan fingerprint density at radius 2 is 2.00 bits per heavy atom. The minimum absolute atomic E-state index is 0.128. The van der Waals surface area contributed by atoms with Gasteiger partial charge in [-0.05, 0) is 52.3 Å². The van der Waals surface area contributed by atoms with Crippen LogP contribution in [0.2, 0.25) is 0 Å². The number of carbonyl (C=O) groups is 3. The maximum atomic E-state index is 12.7. The number of hydrogen-bond acceptors (Lipinski definition) is 5. The van der Waals surface area contributed by atoms with Gasteiger partial charge in [0.15, 0.2) is 11.4 Å². The first kappa shape index (κ1) is 18.0. The van der Waals surface area contributed by atoms with Gasteiger partial charge in [0.05, 0.1) is 11.8 Å². The van der Waals surface area contributed by atoms with E-state index in [0.717, 1.165) is 0 Å². The summed E-state index contributed by atoms with van der Waals surface area (Å²) in [4.78, 5) is 37.8. The molecule has 1 aliphatic rings. The number of ketones is 1. The second-order valence-corrected chi connectivity index (χ2v) is 6.45. The van der Waals surface area contributed by atoms with E-state index in [-0.39, 0.29) is 24.3 Å². The number of Topliss-reactive ketones (excluding diaryl/α,β-unsaturated/α-hetero) is 1. The molecule has 1 unspecified atom stereocenters. The maximum absolute atomic E-state index is 12.7. The van der Waals surface area contributed by atoms with E-state index in [4.69, 9.17) is 9.47 Å². The number of nitrogens with zero attached hydrogens (tertiary/aromatic N) is 1. The molecule has 0 aliphatic carbocycles. The van der Waals surface area contributed by atoms with E-state index in [1.54, 1.807) is 39.0 Å². The molecule has 0 saturated heterocycles. The van der Waals surface area contributed by atoms with E-state index >= 15 is 0 Å². The summed E-state index contributed by atoms with van der Waals surface area (Å²) in [6.07, 6.45) is 0.476. The monoisotopic (exact) mass is 333 g/mol. The molecule has 1 atom stereocenters. The summed E-state index contributed by atoms with van der Waals surface area (Å²) in [6, 6.07) is 4.86. The van der Waals surface area contributed by atoms with Crippen LogP contribution in [0, 0.1) is 0 Å². The van der Waals surface area contributed by atoms with Gasteiger partial charge in [-0.1, -0.05) is 6.92 Å². The van der Waals surface area contributed by atoms with Gasteiger partial charge in [0, 0.05) is 5.56 Å². The number of amides is 1. The van der Waals surface area contributed by atoms with Crippen LogP contribution >= 0.6 is 0 Å². The van der Waals surface area contributed by atoms with E-state index in [0.29, 0.717) is 23.4 Å². The topological polar surface area (TPSA) is 72.9 Å². The Morgan fingerprint density at radius 1 is 1.33 bits per heavy atom. The quantitative estimate of drug-likeness (QED) is 0.612. The number of ether oxygens (including phenoxy) is 2. The summed E-state index contributed by atoms with van der Waals surface area (Å²) in [6.45, 7) is 8.22. The molecule has 130 valence electrons. The first-order valence-electron chi connectivity index (χ1n) is 8.01. The molecule has 1 aromatic carbocycles. The van der Waals surface area contributed by atoms with Crippen LogP contribution in [-0.4, -0.2) is 35.9 Å². The van der Waals surface area contributed by atoms with E-state index in [9.17, 15) is 14.4 Å². The van der Waals surface area contributed by atoms with Crippen molar-refractivity contribution in [3.8, 4) is 5.75 Å². The van der Waals surface area contributed by atoms with Gasteiger partial charge in [0.1, 0.15) is 12.3 Å². The third-order valence-corrected chi connectivity index (χ3v) is 3.98. The van der Waals surface area contributed by atoms with Crippen LogP contribution in [0.1, 0.15) is 51.4 Å². The molecule has 0 saturated carbocycles. The highest BCUT2D eigenvalue weighted by Gasteiger charge is 2.42. The lowest BCUT2D eigenvalue weighted by molar-refractivity contribution is -0.148. The number of hydrogen-bond donors (Lipinski definition) is 0. The Morgan fingerprint density at radius 3 is 2.58 bits per heavy atom. The molecule has 0 fully saturated rings. The van der Waals surface area contributed by atoms with Crippen LogP contribution in [0.15, 0.2) is 18.2 Å². The highest BCUT2D eigenvalue weighted by Crippen LogP contribution is 2.38. The minimum Gasteiger partial charge on any atom is -0.476 e. The van der Waals surface area contributed by atoms with Crippen LogP contribution in [0.3, 0.4) is 0 Å². The van der Waals surface area contributed by atoms with Crippen molar-refractivity contribution in [2.45, 2.75) is 52.7 Å². The number of carbonyl (C=O) groups excluding carboxylic acids is 3. The SMILES string of the molecule is CCC(C)OC(=O)CN1C(=O)C(C)(C)Oc2ccc(C(C)=O)cc21. The summed E-state index contributed by atoms with van der Waals surface area (Å²) in [7, 11) is 0. The van der Waals surface area contributed by atoms with Crippen molar-refractivity contribution in [2.75, 3.05) is 11.4 Å². The summed E-state index contributed by atoms with van der Waals surface area (Å²) < 4.78 is 11.0. The van der Waals surface area contributed by atoms with Crippen LogP contribution in [0.25, 0.3) is 0 Å². The highest BCUT2D eigenvalue weighted by atomic mass is 16.5. The van der Waals surface area contributed by atoms with Gasteiger partial charge >= 0.3 is 5.97 Å². The zero-order valence-electron chi connectivity index (χ0n) is 14.7. The van der Waals surface area contributed by atoms with Gasteiger partial charge in [-0.3, -0.25) is 19.3 Å². The minimum atomic E-state index is -1.10. The normalized spacial score (nSPS) is 16.9. The molecule has 1 aliphatic heterocycles. The van der Waals surface area contributed by atoms with Crippen molar-refractivity contribution < 1.29 is 23.9 Å². The molecule has 0 aromatic heterocycles. The summed E-state index contributed by atoms with van der Waals surface area (Å²) in [5, 5.41) is 0. The lowest BCUT2D eigenvalue weighted by atomic mass is 10.0. The zero-order chi connectivity index (χ0) is 18.1. The van der Waals surface area contributed by atoms with Crippen molar-refractivity contribution in [1.82, 2.24) is 0 Å². The smallest absolute Gasteiger partial charge is 0.326 e. The van der Waals surface area contributed by atoms with Crippen molar-refractivity contribution in [3.63, 3.8) is 0 Å².